The maximum Gasteiger partial charge on any atom is 0.222 e. The molecule has 1 aromatic rings. The minimum atomic E-state index is -0.581. The van der Waals surface area contributed by atoms with Gasteiger partial charge in [-0.15, -0.1) is 0 Å². The molecule has 1 heterocycles. The number of benzene rings is 1. The second kappa shape index (κ2) is 8.78. The number of halogens is 2. The summed E-state index contributed by atoms with van der Waals surface area (Å²) in [6.45, 7) is 5.53. The van der Waals surface area contributed by atoms with E-state index in [-0.39, 0.29) is 17.9 Å². The molecule has 7 heteroatoms. The summed E-state index contributed by atoms with van der Waals surface area (Å²) < 4.78 is 26.9. The Kier molecular flexibility index (Phi) is 6.73. The number of amides is 1. The molecule has 1 aliphatic rings. The van der Waals surface area contributed by atoms with Crippen LogP contribution in [0.3, 0.4) is 0 Å². The highest BCUT2D eigenvalue weighted by Crippen LogP contribution is 2.20. The van der Waals surface area contributed by atoms with E-state index >= 15 is 0 Å². The number of piperidine rings is 1. The van der Waals surface area contributed by atoms with Gasteiger partial charge in [0, 0.05) is 51.1 Å². The van der Waals surface area contributed by atoms with Crippen molar-refractivity contribution >= 4 is 11.9 Å². The smallest absolute Gasteiger partial charge is 0.222 e. The molecule has 0 radical (unpaired) electrons. The molecule has 0 aromatic heterocycles. The van der Waals surface area contributed by atoms with Crippen LogP contribution in [0.5, 0.6) is 0 Å². The molecular formula is C18H26F2N4O. The molecule has 1 aliphatic heterocycles. The van der Waals surface area contributed by atoms with Gasteiger partial charge >= 0.3 is 0 Å². The second-order valence-corrected chi connectivity index (χ2v) is 6.44. The minimum absolute atomic E-state index is 0.137. The van der Waals surface area contributed by atoms with Crippen LogP contribution in [0.1, 0.15) is 38.2 Å². The van der Waals surface area contributed by atoms with Gasteiger partial charge in [-0.05, 0) is 25.0 Å². The summed E-state index contributed by atoms with van der Waals surface area (Å²) in [5, 5.41) is 6.50. The van der Waals surface area contributed by atoms with E-state index in [4.69, 9.17) is 0 Å². The summed E-state index contributed by atoms with van der Waals surface area (Å²) in [7, 11) is 1.79. The predicted octanol–water partition coefficient (Wildman–Crippen LogP) is 2.24. The van der Waals surface area contributed by atoms with E-state index in [9.17, 15) is 13.6 Å². The summed E-state index contributed by atoms with van der Waals surface area (Å²) in [4.78, 5) is 17.8. The molecule has 2 unspecified atom stereocenters. The topological polar surface area (TPSA) is 56.7 Å². The van der Waals surface area contributed by atoms with E-state index < -0.39 is 11.6 Å². The standard InChI is InChI=1S/C18H26F2N4O/c1-4-21-18(23-14-6-8-17(25)24(3)11-14)22-10-12(2)15-7-5-13(19)9-16(15)20/h5,7,9,12,14H,4,6,8,10-11H2,1-3H3,(H2,21,22,23). The lowest BCUT2D eigenvalue weighted by Crippen LogP contribution is -2.51. The minimum Gasteiger partial charge on any atom is -0.357 e. The Labute approximate surface area is 147 Å². The van der Waals surface area contributed by atoms with Crippen molar-refractivity contribution in [2.24, 2.45) is 4.99 Å². The first-order valence-electron chi connectivity index (χ1n) is 8.64. The molecule has 138 valence electrons. The number of nitrogens with one attached hydrogen (secondary N) is 2. The monoisotopic (exact) mass is 352 g/mol. The summed E-state index contributed by atoms with van der Waals surface area (Å²) >= 11 is 0. The number of guanidine groups is 1. The van der Waals surface area contributed by atoms with Crippen LogP contribution in [0.15, 0.2) is 23.2 Å². The lowest BCUT2D eigenvalue weighted by atomic mass is 10.0. The van der Waals surface area contributed by atoms with Crippen LogP contribution in [0.2, 0.25) is 0 Å². The normalized spacial score (nSPS) is 19.7. The number of nitrogens with zero attached hydrogens (tertiary/aromatic N) is 2. The third-order valence-electron chi connectivity index (χ3n) is 4.33. The van der Waals surface area contributed by atoms with Gasteiger partial charge in [-0.25, -0.2) is 8.78 Å². The summed E-state index contributed by atoms with van der Waals surface area (Å²) in [5.74, 6) is -0.507. The molecule has 0 bridgehead atoms. The predicted molar refractivity (Wildman–Crippen MR) is 94.5 cm³/mol. The van der Waals surface area contributed by atoms with Crippen LogP contribution in [-0.4, -0.2) is 49.5 Å². The molecule has 1 fully saturated rings. The van der Waals surface area contributed by atoms with Crippen molar-refractivity contribution in [2.75, 3.05) is 26.7 Å². The van der Waals surface area contributed by atoms with Gasteiger partial charge in [-0.2, -0.15) is 0 Å². The van der Waals surface area contributed by atoms with Gasteiger partial charge in [0.05, 0.1) is 0 Å². The highest BCUT2D eigenvalue weighted by atomic mass is 19.1. The van der Waals surface area contributed by atoms with Crippen LogP contribution in [-0.2, 0) is 4.79 Å². The van der Waals surface area contributed by atoms with Crippen molar-refractivity contribution < 1.29 is 13.6 Å². The quantitative estimate of drug-likeness (QED) is 0.631. The van der Waals surface area contributed by atoms with Gasteiger partial charge in [0.15, 0.2) is 5.96 Å². The first kappa shape index (κ1) is 19.1. The summed E-state index contributed by atoms with van der Waals surface area (Å²) in [6, 6.07) is 3.76. The Morgan fingerprint density at radius 1 is 1.44 bits per heavy atom. The second-order valence-electron chi connectivity index (χ2n) is 6.44. The van der Waals surface area contributed by atoms with Crippen molar-refractivity contribution in [3.05, 3.63) is 35.4 Å². The van der Waals surface area contributed by atoms with E-state index in [0.29, 0.717) is 37.6 Å². The molecule has 5 nitrogen and oxygen atoms in total. The molecule has 0 aliphatic carbocycles. The summed E-state index contributed by atoms with van der Waals surface area (Å²) in [6.07, 6.45) is 1.28. The Bertz CT molecular complexity index is 636. The lowest BCUT2D eigenvalue weighted by Gasteiger charge is -2.31. The molecule has 2 rings (SSSR count). The van der Waals surface area contributed by atoms with Crippen LogP contribution in [0.25, 0.3) is 0 Å². The zero-order valence-corrected chi connectivity index (χ0v) is 15.0. The third-order valence-corrected chi connectivity index (χ3v) is 4.33. The van der Waals surface area contributed by atoms with Gasteiger partial charge in [0.25, 0.3) is 0 Å². The van der Waals surface area contributed by atoms with E-state index in [1.165, 1.54) is 12.1 Å². The van der Waals surface area contributed by atoms with Crippen LogP contribution in [0.4, 0.5) is 8.78 Å². The van der Waals surface area contributed by atoms with Gasteiger partial charge in [0.2, 0.25) is 5.91 Å². The first-order valence-corrected chi connectivity index (χ1v) is 8.64. The maximum atomic E-state index is 13.9. The number of likely N-dealkylation sites (N-methyl/N-ethyl adjacent to an activating group) is 1. The zero-order valence-electron chi connectivity index (χ0n) is 15.0. The number of carbonyl (C=O) groups excluding carboxylic acids is 1. The largest absolute Gasteiger partial charge is 0.357 e. The molecule has 0 saturated carbocycles. The maximum absolute atomic E-state index is 13.9. The molecular weight excluding hydrogens is 326 g/mol. The van der Waals surface area contributed by atoms with E-state index in [2.05, 4.69) is 15.6 Å². The molecule has 1 aromatic carbocycles. The molecule has 2 N–H and O–H groups in total. The number of likely N-dealkylation sites (tertiary alicyclic amines) is 1. The third kappa shape index (κ3) is 5.41. The van der Waals surface area contributed by atoms with Crippen LogP contribution < -0.4 is 10.6 Å². The van der Waals surface area contributed by atoms with E-state index in [1.54, 1.807) is 11.9 Å². The Hall–Kier alpha value is -2.18. The van der Waals surface area contributed by atoms with Crippen molar-refractivity contribution in [1.82, 2.24) is 15.5 Å². The van der Waals surface area contributed by atoms with Crippen molar-refractivity contribution in [1.29, 1.82) is 0 Å². The number of hydrogen-bond acceptors (Lipinski definition) is 2. The van der Waals surface area contributed by atoms with Crippen LogP contribution in [0, 0.1) is 11.6 Å². The fraction of sp³-hybridized carbons (Fsp3) is 0.556. The molecule has 25 heavy (non-hydrogen) atoms. The molecule has 0 spiro atoms. The highest BCUT2D eigenvalue weighted by molar-refractivity contribution is 5.81. The first-order chi connectivity index (χ1) is 11.9. The fourth-order valence-electron chi connectivity index (χ4n) is 2.87. The van der Waals surface area contributed by atoms with Crippen molar-refractivity contribution in [3.63, 3.8) is 0 Å². The van der Waals surface area contributed by atoms with Crippen LogP contribution >= 0.6 is 0 Å². The van der Waals surface area contributed by atoms with E-state index in [1.807, 2.05) is 13.8 Å². The molecule has 1 saturated heterocycles. The highest BCUT2D eigenvalue weighted by Gasteiger charge is 2.23. The Morgan fingerprint density at radius 2 is 2.20 bits per heavy atom. The van der Waals surface area contributed by atoms with Crippen molar-refractivity contribution in [3.8, 4) is 0 Å². The average Bonchev–Trinajstić information content (AvgIpc) is 2.56. The van der Waals surface area contributed by atoms with Gasteiger partial charge < -0.3 is 15.5 Å². The number of hydrogen-bond donors (Lipinski definition) is 2. The molecule has 1 amide bonds. The number of rotatable bonds is 5. The van der Waals surface area contributed by atoms with Gasteiger partial charge in [-0.1, -0.05) is 13.0 Å². The fourth-order valence-corrected chi connectivity index (χ4v) is 2.87. The number of aliphatic imine (C=N–C) groups is 1. The zero-order chi connectivity index (χ0) is 18.4. The Morgan fingerprint density at radius 3 is 2.84 bits per heavy atom. The van der Waals surface area contributed by atoms with E-state index in [0.717, 1.165) is 12.5 Å². The van der Waals surface area contributed by atoms with Gasteiger partial charge in [-0.3, -0.25) is 9.79 Å². The lowest BCUT2D eigenvalue weighted by molar-refractivity contribution is -0.132. The number of carbonyl (C=O) groups is 1. The van der Waals surface area contributed by atoms with Crippen molar-refractivity contribution in [2.45, 2.75) is 38.6 Å². The Balaban J connectivity index is 2.00. The summed E-state index contributed by atoms with van der Waals surface area (Å²) in [5.41, 5.74) is 0.448. The SMILES string of the molecule is CCNC(=NCC(C)c1ccc(F)cc1F)NC1CCC(=O)N(C)C1. The van der Waals surface area contributed by atoms with Gasteiger partial charge in [0.1, 0.15) is 11.6 Å². The molecule has 2 atom stereocenters. The average molecular weight is 352 g/mol.